The number of aromatic nitrogens is 1. The quantitative estimate of drug-likeness (QED) is 0.891. The van der Waals surface area contributed by atoms with Gasteiger partial charge in [-0.3, -0.25) is 4.98 Å². The molecule has 1 aliphatic heterocycles. The van der Waals surface area contributed by atoms with Crippen molar-refractivity contribution in [3.05, 3.63) is 24.0 Å². The molecular weight excluding hydrogens is 264 g/mol. The van der Waals surface area contributed by atoms with E-state index in [-0.39, 0.29) is 12.1 Å². The average Bonchev–Trinajstić information content (AvgIpc) is 2.42. The van der Waals surface area contributed by atoms with Crippen molar-refractivity contribution in [1.29, 1.82) is 0 Å². The van der Waals surface area contributed by atoms with Crippen molar-refractivity contribution in [2.45, 2.75) is 38.5 Å². The fourth-order valence-electron chi connectivity index (χ4n) is 2.76. The summed E-state index contributed by atoms with van der Waals surface area (Å²) >= 11 is 0. The smallest absolute Gasteiger partial charge is 0.138 e. The fraction of sp³-hybridized carbons (Fsp3) is 0.688. The molecule has 0 radical (unpaired) electrons. The first-order valence-corrected chi connectivity index (χ1v) is 7.71. The van der Waals surface area contributed by atoms with Crippen LogP contribution in [0.1, 0.15) is 31.9 Å². The van der Waals surface area contributed by atoms with Gasteiger partial charge in [-0.25, -0.2) is 0 Å². The van der Waals surface area contributed by atoms with Gasteiger partial charge < -0.3 is 20.3 Å². The number of pyridine rings is 1. The molecule has 118 valence electrons. The highest BCUT2D eigenvalue weighted by Gasteiger charge is 2.24. The van der Waals surface area contributed by atoms with Gasteiger partial charge in [0.2, 0.25) is 0 Å². The molecule has 1 aliphatic rings. The maximum absolute atomic E-state index is 6.39. The summed E-state index contributed by atoms with van der Waals surface area (Å²) in [6.07, 6.45) is 4.69. The van der Waals surface area contributed by atoms with Crippen LogP contribution in [-0.4, -0.2) is 60.7 Å². The van der Waals surface area contributed by atoms with E-state index in [1.807, 2.05) is 26.1 Å². The maximum atomic E-state index is 6.39. The van der Waals surface area contributed by atoms with Crippen LogP contribution in [0.2, 0.25) is 0 Å². The van der Waals surface area contributed by atoms with Crippen LogP contribution in [-0.2, 0) is 0 Å². The number of ether oxygens (including phenoxy) is 1. The van der Waals surface area contributed by atoms with Crippen molar-refractivity contribution in [3.8, 4) is 5.75 Å². The van der Waals surface area contributed by atoms with Gasteiger partial charge >= 0.3 is 0 Å². The van der Waals surface area contributed by atoms with E-state index in [1.54, 1.807) is 6.20 Å². The van der Waals surface area contributed by atoms with Crippen LogP contribution in [0, 0.1) is 0 Å². The van der Waals surface area contributed by atoms with Crippen LogP contribution in [0.5, 0.6) is 5.75 Å². The van der Waals surface area contributed by atoms with Gasteiger partial charge in [0.15, 0.2) is 0 Å². The molecule has 2 heterocycles. The second kappa shape index (κ2) is 7.20. The van der Waals surface area contributed by atoms with Gasteiger partial charge in [-0.1, -0.05) is 0 Å². The van der Waals surface area contributed by atoms with Crippen molar-refractivity contribution < 1.29 is 4.74 Å². The summed E-state index contributed by atoms with van der Waals surface area (Å²) in [5.41, 5.74) is 7.44. The van der Waals surface area contributed by atoms with E-state index in [0.29, 0.717) is 6.04 Å². The molecule has 0 spiro atoms. The van der Waals surface area contributed by atoms with Gasteiger partial charge in [0, 0.05) is 37.9 Å². The predicted molar refractivity (Wildman–Crippen MR) is 85.5 cm³/mol. The Balaban J connectivity index is 2.00. The Hall–Kier alpha value is -1.17. The summed E-state index contributed by atoms with van der Waals surface area (Å²) in [4.78, 5) is 9.03. The molecule has 0 amide bonds. The van der Waals surface area contributed by atoms with E-state index in [1.165, 1.54) is 0 Å². The number of rotatable bonds is 5. The van der Waals surface area contributed by atoms with E-state index < -0.39 is 0 Å². The summed E-state index contributed by atoms with van der Waals surface area (Å²) in [5.74, 6) is 0.798. The monoisotopic (exact) mass is 292 g/mol. The molecule has 5 heteroatoms. The molecule has 2 unspecified atom stereocenters. The molecule has 1 fully saturated rings. The van der Waals surface area contributed by atoms with E-state index in [0.717, 1.165) is 37.4 Å². The molecule has 0 aliphatic carbocycles. The van der Waals surface area contributed by atoms with Crippen LogP contribution < -0.4 is 10.5 Å². The minimum atomic E-state index is -0.00726. The Morgan fingerprint density at radius 1 is 1.33 bits per heavy atom. The Morgan fingerprint density at radius 3 is 2.81 bits per heavy atom. The van der Waals surface area contributed by atoms with Crippen LogP contribution in [0.4, 0.5) is 0 Å². The predicted octanol–water partition coefficient (Wildman–Crippen LogP) is 1.50. The van der Waals surface area contributed by atoms with Crippen LogP contribution in [0.25, 0.3) is 0 Å². The van der Waals surface area contributed by atoms with E-state index >= 15 is 0 Å². The Bertz CT molecular complexity index is 452. The Kier molecular flexibility index (Phi) is 5.56. The number of piperazine rings is 1. The minimum Gasteiger partial charge on any atom is -0.489 e. The first-order valence-electron chi connectivity index (χ1n) is 7.71. The second-order valence-electron chi connectivity index (χ2n) is 6.36. The zero-order valence-electron chi connectivity index (χ0n) is 13.6. The third-order valence-electron chi connectivity index (χ3n) is 4.04. The van der Waals surface area contributed by atoms with Crippen molar-refractivity contribution >= 4 is 0 Å². The van der Waals surface area contributed by atoms with Gasteiger partial charge in [-0.2, -0.15) is 0 Å². The first kappa shape index (κ1) is 16.2. The fourth-order valence-corrected chi connectivity index (χ4v) is 2.76. The Morgan fingerprint density at radius 2 is 2.10 bits per heavy atom. The van der Waals surface area contributed by atoms with Gasteiger partial charge in [0.05, 0.1) is 12.3 Å². The zero-order valence-corrected chi connectivity index (χ0v) is 13.6. The van der Waals surface area contributed by atoms with E-state index in [9.17, 15) is 0 Å². The molecule has 5 nitrogen and oxygen atoms in total. The van der Waals surface area contributed by atoms with Gasteiger partial charge in [0.25, 0.3) is 0 Å². The van der Waals surface area contributed by atoms with Gasteiger partial charge in [-0.15, -0.1) is 0 Å². The van der Waals surface area contributed by atoms with Crippen molar-refractivity contribution in [2.75, 3.05) is 33.7 Å². The summed E-state index contributed by atoms with van der Waals surface area (Å²) < 4.78 is 5.70. The van der Waals surface area contributed by atoms with Gasteiger partial charge in [-0.05, 0) is 46.0 Å². The van der Waals surface area contributed by atoms with Crippen LogP contribution in [0.15, 0.2) is 18.5 Å². The highest BCUT2D eigenvalue weighted by atomic mass is 16.5. The van der Waals surface area contributed by atoms with Crippen LogP contribution in [0.3, 0.4) is 0 Å². The minimum absolute atomic E-state index is 0.00726. The molecule has 2 rings (SSSR count). The standard InChI is InChI=1S/C16H28N4O/c1-12(2)21-15-7-13(9-18-10-15)16(17)8-14-11-19(3)5-6-20(14)4/h7,9-10,12,14,16H,5-6,8,11,17H2,1-4H3. The summed E-state index contributed by atoms with van der Waals surface area (Å²) in [7, 11) is 4.35. The normalized spacial score (nSPS) is 22.5. The molecule has 2 atom stereocenters. The molecular formula is C16H28N4O. The lowest BCUT2D eigenvalue weighted by Gasteiger charge is -2.38. The number of hydrogen-bond donors (Lipinski definition) is 1. The van der Waals surface area contributed by atoms with Crippen molar-refractivity contribution in [2.24, 2.45) is 5.73 Å². The topological polar surface area (TPSA) is 54.6 Å². The maximum Gasteiger partial charge on any atom is 0.138 e. The molecule has 0 bridgehead atoms. The van der Waals surface area contributed by atoms with E-state index in [2.05, 4.69) is 28.9 Å². The summed E-state index contributed by atoms with van der Waals surface area (Å²) in [6, 6.07) is 2.50. The molecule has 2 N–H and O–H groups in total. The number of nitrogens with zero attached hydrogens (tertiary/aromatic N) is 3. The summed E-state index contributed by atoms with van der Waals surface area (Å²) in [5, 5.41) is 0. The Labute approximate surface area is 128 Å². The molecule has 0 saturated carbocycles. The lowest BCUT2D eigenvalue weighted by Crippen LogP contribution is -2.50. The lowest BCUT2D eigenvalue weighted by molar-refractivity contribution is 0.104. The highest BCUT2D eigenvalue weighted by Crippen LogP contribution is 2.23. The average molecular weight is 292 g/mol. The third-order valence-corrected chi connectivity index (χ3v) is 4.04. The zero-order chi connectivity index (χ0) is 15.4. The molecule has 1 aromatic heterocycles. The SMILES string of the molecule is CC(C)Oc1cncc(C(N)CC2CN(C)CCN2C)c1. The van der Waals surface area contributed by atoms with Gasteiger partial charge in [0.1, 0.15) is 5.75 Å². The highest BCUT2D eigenvalue weighted by molar-refractivity contribution is 5.26. The third kappa shape index (κ3) is 4.66. The van der Waals surface area contributed by atoms with Crippen LogP contribution >= 0.6 is 0 Å². The largest absolute Gasteiger partial charge is 0.489 e. The number of nitrogens with two attached hydrogens (primary N) is 1. The molecule has 21 heavy (non-hydrogen) atoms. The number of likely N-dealkylation sites (N-methyl/N-ethyl adjacent to an activating group) is 2. The summed E-state index contributed by atoms with van der Waals surface area (Å²) in [6.45, 7) is 7.32. The van der Waals surface area contributed by atoms with Crippen molar-refractivity contribution in [1.82, 2.24) is 14.8 Å². The first-order chi connectivity index (χ1) is 9.95. The molecule has 1 aromatic rings. The van der Waals surface area contributed by atoms with Crippen molar-refractivity contribution in [3.63, 3.8) is 0 Å². The molecule has 1 saturated heterocycles. The van der Waals surface area contributed by atoms with E-state index in [4.69, 9.17) is 10.5 Å². The lowest BCUT2D eigenvalue weighted by atomic mass is 9.99. The number of hydrogen-bond acceptors (Lipinski definition) is 5. The molecule has 0 aromatic carbocycles. The second-order valence-corrected chi connectivity index (χ2v) is 6.36.